The number of Topliss-reactive ketones (excluding diaryl/α,β-unsaturated/α-hetero) is 1. The highest BCUT2D eigenvalue weighted by atomic mass is 35.5. The molecule has 4 rings (SSSR count). The van der Waals surface area contributed by atoms with Crippen molar-refractivity contribution in [3.05, 3.63) is 77.0 Å². The van der Waals surface area contributed by atoms with Crippen LogP contribution in [0.15, 0.2) is 65.1 Å². The van der Waals surface area contributed by atoms with Crippen LogP contribution in [0.3, 0.4) is 0 Å². The maximum Gasteiger partial charge on any atom is 0.289 e. The fraction of sp³-hybridized carbons (Fsp3) is 0.280. The Balaban J connectivity index is 1.26. The maximum atomic E-state index is 12.9. The number of benzene rings is 2. The number of piperazine rings is 1. The molecule has 0 aliphatic carbocycles. The molecule has 1 aromatic heterocycles. The van der Waals surface area contributed by atoms with E-state index in [-0.39, 0.29) is 11.7 Å². The Morgan fingerprint density at radius 1 is 0.938 bits per heavy atom. The first-order valence-electron chi connectivity index (χ1n) is 10.6. The number of amides is 1. The molecule has 0 N–H and O–H groups in total. The summed E-state index contributed by atoms with van der Waals surface area (Å²) in [7, 11) is 0. The molecule has 7 heteroatoms. The van der Waals surface area contributed by atoms with E-state index >= 15 is 0 Å². The second-order valence-electron chi connectivity index (χ2n) is 7.73. The first-order chi connectivity index (χ1) is 15.5. The Labute approximate surface area is 192 Å². The molecule has 6 nitrogen and oxygen atoms in total. The number of rotatable bonds is 7. The lowest BCUT2D eigenvalue weighted by atomic mass is 10.1. The summed E-state index contributed by atoms with van der Waals surface area (Å²) in [5.41, 5.74) is 1.48. The minimum absolute atomic E-state index is 0.0162. The molecule has 1 fully saturated rings. The number of carbonyl (C=O) groups excluding carboxylic acids is 2. The Morgan fingerprint density at radius 3 is 2.28 bits per heavy atom. The number of halogens is 1. The van der Waals surface area contributed by atoms with Crippen molar-refractivity contribution < 1.29 is 18.7 Å². The van der Waals surface area contributed by atoms with Crippen molar-refractivity contribution in [3.8, 4) is 17.1 Å². The van der Waals surface area contributed by atoms with Crippen LogP contribution < -0.4 is 4.74 Å². The Kier molecular flexibility index (Phi) is 6.93. The molecule has 3 aromatic rings. The highest BCUT2D eigenvalue weighted by Crippen LogP contribution is 2.24. The van der Waals surface area contributed by atoms with Crippen molar-refractivity contribution in [1.29, 1.82) is 0 Å². The first-order valence-corrected chi connectivity index (χ1v) is 11.0. The van der Waals surface area contributed by atoms with Gasteiger partial charge in [-0.15, -0.1) is 0 Å². The minimum Gasteiger partial charge on any atom is -0.492 e. The number of nitrogens with zero attached hydrogens (tertiary/aromatic N) is 2. The van der Waals surface area contributed by atoms with Crippen molar-refractivity contribution in [2.75, 3.05) is 39.3 Å². The van der Waals surface area contributed by atoms with Crippen molar-refractivity contribution in [2.45, 2.75) is 6.92 Å². The van der Waals surface area contributed by atoms with E-state index in [9.17, 15) is 9.59 Å². The molecule has 32 heavy (non-hydrogen) atoms. The van der Waals surface area contributed by atoms with Gasteiger partial charge in [0.1, 0.15) is 18.1 Å². The van der Waals surface area contributed by atoms with Crippen LogP contribution in [0.5, 0.6) is 5.75 Å². The Bertz CT molecular complexity index is 1070. The molecule has 0 bridgehead atoms. The van der Waals surface area contributed by atoms with Crippen LogP contribution in [0, 0.1) is 0 Å². The maximum absolute atomic E-state index is 12.9. The molecule has 0 radical (unpaired) electrons. The molecule has 0 unspecified atom stereocenters. The van der Waals surface area contributed by atoms with Crippen LogP contribution in [0.25, 0.3) is 11.3 Å². The predicted octanol–water partition coefficient (Wildman–Crippen LogP) is 4.64. The average Bonchev–Trinajstić information content (AvgIpc) is 3.31. The van der Waals surface area contributed by atoms with Gasteiger partial charge in [0.05, 0.1) is 0 Å². The molecular formula is C25H25ClN2O4. The third-order valence-electron chi connectivity index (χ3n) is 5.54. The molecule has 2 aromatic carbocycles. The van der Waals surface area contributed by atoms with Crippen molar-refractivity contribution >= 4 is 23.3 Å². The predicted molar refractivity (Wildman–Crippen MR) is 123 cm³/mol. The zero-order chi connectivity index (χ0) is 22.5. The summed E-state index contributed by atoms with van der Waals surface area (Å²) in [6, 6.07) is 18.0. The molecule has 0 saturated carbocycles. The van der Waals surface area contributed by atoms with Crippen LogP contribution >= 0.6 is 11.6 Å². The summed E-state index contributed by atoms with van der Waals surface area (Å²) in [6.45, 7) is 5.77. The quantitative estimate of drug-likeness (QED) is 0.489. The molecule has 0 spiro atoms. The largest absolute Gasteiger partial charge is 0.492 e. The average molecular weight is 453 g/mol. The first kappa shape index (κ1) is 22.1. The monoisotopic (exact) mass is 452 g/mol. The van der Waals surface area contributed by atoms with Gasteiger partial charge in [-0.3, -0.25) is 14.5 Å². The number of hydrogen-bond donors (Lipinski definition) is 0. The molecule has 0 atom stereocenters. The van der Waals surface area contributed by atoms with Gasteiger partial charge in [-0.2, -0.15) is 0 Å². The highest BCUT2D eigenvalue weighted by molar-refractivity contribution is 6.30. The molecular weight excluding hydrogens is 428 g/mol. The molecule has 1 aliphatic rings. The normalized spacial score (nSPS) is 14.4. The lowest BCUT2D eigenvalue weighted by molar-refractivity contribution is 0.0591. The number of furan rings is 1. The third-order valence-corrected chi connectivity index (χ3v) is 5.79. The fourth-order valence-electron chi connectivity index (χ4n) is 3.63. The SMILES string of the molecule is CC(=O)c1ccc(-c2ccc(C(=O)N3CCN(CCOc4ccc(Cl)cc4)CC3)o2)cc1. The van der Waals surface area contributed by atoms with Gasteiger partial charge >= 0.3 is 0 Å². The van der Waals surface area contributed by atoms with E-state index in [4.69, 9.17) is 20.8 Å². The topological polar surface area (TPSA) is 63.0 Å². The van der Waals surface area contributed by atoms with Crippen LogP contribution in [0.2, 0.25) is 5.02 Å². The van der Waals surface area contributed by atoms with E-state index in [1.54, 1.807) is 24.3 Å². The second kappa shape index (κ2) is 10.0. The van der Waals surface area contributed by atoms with E-state index in [2.05, 4.69) is 4.90 Å². The van der Waals surface area contributed by atoms with Gasteiger partial charge < -0.3 is 14.1 Å². The van der Waals surface area contributed by atoms with E-state index < -0.39 is 0 Å². The summed E-state index contributed by atoms with van der Waals surface area (Å²) < 4.78 is 11.6. The van der Waals surface area contributed by atoms with Gasteiger partial charge in [0, 0.05) is 48.9 Å². The third kappa shape index (κ3) is 5.39. The second-order valence-corrected chi connectivity index (χ2v) is 8.17. The fourth-order valence-corrected chi connectivity index (χ4v) is 3.76. The zero-order valence-electron chi connectivity index (χ0n) is 17.9. The van der Waals surface area contributed by atoms with Gasteiger partial charge in [0.25, 0.3) is 5.91 Å². The van der Waals surface area contributed by atoms with Crippen molar-refractivity contribution in [3.63, 3.8) is 0 Å². The summed E-state index contributed by atoms with van der Waals surface area (Å²) in [4.78, 5) is 28.4. The molecule has 2 heterocycles. The van der Waals surface area contributed by atoms with Crippen molar-refractivity contribution in [1.82, 2.24) is 9.80 Å². The summed E-state index contributed by atoms with van der Waals surface area (Å²) in [5.74, 6) is 1.65. The Morgan fingerprint density at radius 2 is 1.62 bits per heavy atom. The van der Waals surface area contributed by atoms with Crippen LogP contribution in [-0.4, -0.2) is 60.8 Å². The molecule has 1 aliphatic heterocycles. The Hall–Kier alpha value is -3.09. The molecule has 1 amide bonds. The smallest absolute Gasteiger partial charge is 0.289 e. The van der Waals surface area contributed by atoms with Gasteiger partial charge in [-0.25, -0.2) is 0 Å². The summed E-state index contributed by atoms with van der Waals surface area (Å²) in [5, 5.41) is 0.688. The number of hydrogen-bond acceptors (Lipinski definition) is 5. The standard InChI is InChI=1S/C25H25ClN2O4/c1-18(29)19-2-4-20(5-3-19)23-10-11-24(32-23)25(30)28-14-12-27(13-15-28)16-17-31-22-8-6-21(26)7-9-22/h2-11H,12-17H2,1H3. The van der Waals surface area contributed by atoms with Gasteiger partial charge in [0.15, 0.2) is 11.5 Å². The number of carbonyl (C=O) groups is 2. The lowest BCUT2D eigenvalue weighted by Gasteiger charge is -2.34. The molecule has 166 valence electrons. The van der Waals surface area contributed by atoms with Crippen LogP contribution in [0.1, 0.15) is 27.8 Å². The summed E-state index contributed by atoms with van der Waals surface area (Å²) in [6.07, 6.45) is 0. The number of ketones is 1. The lowest BCUT2D eigenvalue weighted by Crippen LogP contribution is -2.49. The minimum atomic E-state index is -0.103. The zero-order valence-corrected chi connectivity index (χ0v) is 18.7. The van der Waals surface area contributed by atoms with Gasteiger partial charge in [0.2, 0.25) is 0 Å². The van der Waals surface area contributed by atoms with Crippen LogP contribution in [-0.2, 0) is 0 Å². The van der Waals surface area contributed by atoms with E-state index in [1.165, 1.54) is 6.92 Å². The van der Waals surface area contributed by atoms with E-state index in [1.807, 2.05) is 41.3 Å². The molecule has 1 saturated heterocycles. The van der Waals surface area contributed by atoms with Crippen molar-refractivity contribution in [2.24, 2.45) is 0 Å². The van der Waals surface area contributed by atoms with Gasteiger partial charge in [-0.1, -0.05) is 35.9 Å². The van der Waals surface area contributed by atoms with Crippen LogP contribution in [0.4, 0.5) is 0 Å². The highest BCUT2D eigenvalue weighted by Gasteiger charge is 2.24. The number of ether oxygens (including phenoxy) is 1. The summed E-state index contributed by atoms with van der Waals surface area (Å²) >= 11 is 5.89. The van der Waals surface area contributed by atoms with E-state index in [0.717, 1.165) is 30.9 Å². The van der Waals surface area contributed by atoms with Gasteiger partial charge in [-0.05, 0) is 43.3 Å². The van der Waals surface area contributed by atoms with E-state index in [0.29, 0.717) is 41.8 Å².